The minimum Gasteiger partial charge on any atom is -0.465 e. The molecular weight excluding hydrogens is 378 g/mol. The lowest BCUT2D eigenvalue weighted by Gasteiger charge is -2.10. The Bertz CT molecular complexity index is 1160. The Kier molecular flexibility index (Phi) is 4.55. The summed E-state index contributed by atoms with van der Waals surface area (Å²) in [5.74, 6) is -0.532. The van der Waals surface area contributed by atoms with Crippen LogP contribution in [0.1, 0.15) is 20.9 Å². The Hall–Kier alpha value is -2.72. The molecule has 0 aliphatic rings. The van der Waals surface area contributed by atoms with Gasteiger partial charge in [0, 0.05) is 16.8 Å². The zero-order valence-corrected chi connectivity index (χ0v) is 15.8. The number of fused-ring (bicyclic) bond motifs is 1. The molecule has 0 saturated heterocycles. The van der Waals surface area contributed by atoms with Crippen LogP contribution in [0.25, 0.3) is 4.96 Å². The highest BCUT2D eigenvalue weighted by atomic mass is 32.2. The summed E-state index contributed by atoms with van der Waals surface area (Å²) in [6, 6.07) is 5.68. The van der Waals surface area contributed by atoms with Crippen LogP contribution in [0.5, 0.6) is 0 Å². The molecule has 0 saturated carbocycles. The number of carbonyl (C=O) groups excluding carboxylic acids is 1. The van der Waals surface area contributed by atoms with Gasteiger partial charge in [-0.05, 0) is 38.1 Å². The highest BCUT2D eigenvalue weighted by molar-refractivity contribution is 7.92. The van der Waals surface area contributed by atoms with Crippen molar-refractivity contribution in [3.63, 3.8) is 0 Å². The average Bonchev–Trinajstić information content (AvgIpc) is 2.94. The molecule has 0 spiro atoms. The Morgan fingerprint density at radius 1 is 1.23 bits per heavy atom. The summed E-state index contributed by atoms with van der Waals surface area (Å²) in [5.41, 5.74) is -0.0438. The minimum atomic E-state index is -4.15. The molecule has 0 amide bonds. The lowest BCUT2D eigenvalue weighted by molar-refractivity contribution is 0.0601. The van der Waals surface area contributed by atoms with Crippen LogP contribution in [0.2, 0.25) is 0 Å². The number of ether oxygens (including phenoxy) is 1. The Labute approximate surface area is 153 Å². The van der Waals surface area contributed by atoms with Gasteiger partial charge in [-0.1, -0.05) is 0 Å². The predicted octanol–water partition coefficient (Wildman–Crippen LogP) is 1.96. The molecule has 0 bridgehead atoms. The van der Waals surface area contributed by atoms with E-state index in [2.05, 4.69) is 14.4 Å². The first-order valence-corrected chi connectivity index (χ1v) is 9.73. The van der Waals surface area contributed by atoms with Gasteiger partial charge in [0.2, 0.25) is 0 Å². The van der Waals surface area contributed by atoms with E-state index in [1.807, 2.05) is 6.92 Å². The van der Waals surface area contributed by atoms with Crippen molar-refractivity contribution in [2.75, 3.05) is 11.8 Å². The molecule has 0 atom stereocenters. The van der Waals surface area contributed by atoms with Crippen LogP contribution in [0, 0.1) is 13.8 Å². The fraction of sp³-hybridized carbons (Fsp3) is 0.188. The van der Waals surface area contributed by atoms with Crippen molar-refractivity contribution in [2.45, 2.75) is 18.7 Å². The van der Waals surface area contributed by atoms with Crippen LogP contribution in [-0.4, -0.2) is 30.9 Å². The molecule has 1 N–H and O–H groups in total. The molecule has 0 unspecified atom stereocenters. The van der Waals surface area contributed by atoms with Crippen LogP contribution in [0.15, 0.2) is 40.2 Å². The van der Waals surface area contributed by atoms with Gasteiger partial charge in [-0.2, -0.15) is 0 Å². The Morgan fingerprint density at radius 3 is 2.50 bits per heavy atom. The fourth-order valence-electron chi connectivity index (χ4n) is 2.44. The van der Waals surface area contributed by atoms with Gasteiger partial charge in [-0.3, -0.25) is 13.9 Å². The summed E-state index contributed by atoms with van der Waals surface area (Å²) < 4.78 is 33.6. The second-order valence-corrected chi connectivity index (χ2v) is 8.33. The van der Waals surface area contributed by atoms with Crippen molar-refractivity contribution in [1.82, 2.24) is 9.38 Å². The number of carbonyl (C=O) groups is 1. The van der Waals surface area contributed by atoms with Gasteiger partial charge in [-0.15, -0.1) is 11.3 Å². The highest BCUT2D eigenvalue weighted by Crippen LogP contribution is 2.19. The molecule has 0 aliphatic heterocycles. The number of anilines is 1. The topological polar surface area (TPSA) is 107 Å². The first kappa shape index (κ1) is 18.1. The molecule has 0 fully saturated rings. The van der Waals surface area contributed by atoms with Crippen LogP contribution < -0.4 is 10.3 Å². The first-order valence-electron chi connectivity index (χ1n) is 7.43. The number of hydrogen-bond donors (Lipinski definition) is 1. The van der Waals surface area contributed by atoms with E-state index in [0.29, 0.717) is 4.96 Å². The van der Waals surface area contributed by atoms with E-state index in [4.69, 9.17) is 0 Å². The lowest BCUT2D eigenvalue weighted by Crippen LogP contribution is -2.27. The van der Waals surface area contributed by atoms with Crippen molar-refractivity contribution in [3.8, 4) is 0 Å². The summed E-state index contributed by atoms with van der Waals surface area (Å²) in [6.07, 6.45) is 1.55. The molecule has 2 aromatic heterocycles. The average molecular weight is 393 g/mol. The number of aryl methyl sites for hydroxylation is 2. The summed E-state index contributed by atoms with van der Waals surface area (Å²) >= 11 is 1.30. The Morgan fingerprint density at radius 2 is 1.88 bits per heavy atom. The maximum atomic E-state index is 12.7. The highest BCUT2D eigenvalue weighted by Gasteiger charge is 2.24. The summed E-state index contributed by atoms with van der Waals surface area (Å²) in [6.45, 7) is 3.29. The minimum absolute atomic E-state index is 0.121. The number of hydrogen-bond acceptors (Lipinski definition) is 7. The molecule has 10 heteroatoms. The molecule has 136 valence electrons. The van der Waals surface area contributed by atoms with Crippen molar-refractivity contribution >= 4 is 38.0 Å². The van der Waals surface area contributed by atoms with E-state index in [0.717, 1.165) is 4.88 Å². The molecule has 2 heterocycles. The van der Waals surface area contributed by atoms with Crippen molar-refractivity contribution in [1.29, 1.82) is 0 Å². The van der Waals surface area contributed by atoms with Gasteiger partial charge in [0.05, 0.1) is 18.4 Å². The standard InChI is InChI=1S/C16H15N3O5S2/c1-9-8-19-14(20)13(10(2)17-16(19)25-9)26(22,23)18-12-6-4-11(5-7-12)15(21)24-3/h4-8,18H,1-3H3. The van der Waals surface area contributed by atoms with Gasteiger partial charge in [0.15, 0.2) is 9.86 Å². The van der Waals surface area contributed by atoms with Crippen LogP contribution >= 0.6 is 11.3 Å². The molecule has 3 rings (SSSR count). The van der Waals surface area contributed by atoms with E-state index in [9.17, 15) is 18.0 Å². The molecule has 3 aromatic rings. The third-order valence-corrected chi connectivity index (χ3v) is 6.01. The predicted molar refractivity (Wildman–Crippen MR) is 97.4 cm³/mol. The second-order valence-electron chi connectivity index (χ2n) is 5.50. The van der Waals surface area contributed by atoms with Crippen molar-refractivity contribution < 1.29 is 17.9 Å². The van der Waals surface area contributed by atoms with E-state index < -0.39 is 26.4 Å². The molecule has 26 heavy (non-hydrogen) atoms. The number of benzene rings is 1. The molecular formula is C16H15N3O5S2. The quantitative estimate of drug-likeness (QED) is 0.679. The SMILES string of the molecule is COC(=O)c1ccc(NS(=O)(=O)c2c(C)nc3sc(C)cn3c2=O)cc1. The zero-order chi connectivity index (χ0) is 19.1. The van der Waals surface area contributed by atoms with Gasteiger partial charge < -0.3 is 4.74 Å². The monoisotopic (exact) mass is 393 g/mol. The number of rotatable bonds is 4. The Balaban J connectivity index is 2.02. The van der Waals surface area contributed by atoms with E-state index in [1.165, 1.54) is 54.0 Å². The largest absolute Gasteiger partial charge is 0.465 e. The molecule has 0 radical (unpaired) electrons. The van der Waals surface area contributed by atoms with E-state index >= 15 is 0 Å². The molecule has 8 nitrogen and oxygen atoms in total. The molecule has 1 aromatic carbocycles. The second kappa shape index (κ2) is 6.54. The van der Waals surface area contributed by atoms with Crippen LogP contribution in [0.4, 0.5) is 5.69 Å². The van der Waals surface area contributed by atoms with Gasteiger partial charge in [0.25, 0.3) is 15.6 Å². The van der Waals surface area contributed by atoms with Crippen LogP contribution in [0.3, 0.4) is 0 Å². The van der Waals surface area contributed by atoms with Gasteiger partial charge >= 0.3 is 5.97 Å². The number of esters is 1. The van der Waals surface area contributed by atoms with Gasteiger partial charge in [0.1, 0.15) is 0 Å². The number of aromatic nitrogens is 2. The number of sulfonamides is 1. The third-order valence-electron chi connectivity index (χ3n) is 3.60. The first-order chi connectivity index (χ1) is 12.2. The third kappa shape index (κ3) is 3.20. The van der Waals surface area contributed by atoms with Gasteiger partial charge in [-0.25, -0.2) is 18.2 Å². The zero-order valence-electron chi connectivity index (χ0n) is 14.1. The normalized spacial score (nSPS) is 11.5. The van der Waals surface area contributed by atoms with Crippen LogP contribution in [-0.2, 0) is 14.8 Å². The number of thiazole rings is 1. The number of nitrogens with zero attached hydrogens (tertiary/aromatic N) is 2. The maximum Gasteiger partial charge on any atom is 0.337 e. The van der Waals surface area contributed by atoms with E-state index in [1.54, 1.807) is 6.20 Å². The van der Waals surface area contributed by atoms with Crippen molar-refractivity contribution in [3.05, 3.63) is 57.0 Å². The summed E-state index contributed by atoms with van der Waals surface area (Å²) in [4.78, 5) is 29.1. The summed E-state index contributed by atoms with van der Waals surface area (Å²) in [5, 5.41) is 0. The smallest absolute Gasteiger partial charge is 0.337 e. The number of methoxy groups -OCH3 is 1. The maximum absolute atomic E-state index is 12.7. The lowest BCUT2D eigenvalue weighted by atomic mass is 10.2. The number of nitrogens with one attached hydrogen (secondary N) is 1. The van der Waals surface area contributed by atoms with Crippen molar-refractivity contribution in [2.24, 2.45) is 0 Å². The fourth-order valence-corrected chi connectivity index (χ4v) is 4.62. The summed E-state index contributed by atoms with van der Waals surface area (Å²) in [7, 11) is -2.90. The molecule has 0 aliphatic carbocycles. The van der Waals surface area contributed by atoms with E-state index in [-0.39, 0.29) is 16.9 Å².